The number of rotatable bonds is 4. The first-order valence-corrected chi connectivity index (χ1v) is 4.25. The molecule has 1 aromatic rings. The molecule has 3 heteroatoms. The summed E-state index contributed by atoms with van der Waals surface area (Å²) >= 11 is 1.40. The standard InChI is InChI=1S/C9H8O2S/c1-8(11-7-10)12-9-5-3-2-4-6-9/h2-6H,1H3. The third-order valence-corrected chi connectivity index (χ3v) is 2.07. The quantitative estimate of drug-likeness (QED) is 0.665. The van der Waals surface area contributed by atoms with Crippen molar-refractivity contribution in [3.8, 4) is 0 Å². The number of thioether (sulfide) groups is 1. The minimum Gasteiger partial charge on any atom is -0.434 e. The van der Waals surface area contributed by atoms with Gasteiger partial charge in [-0.3, -0.25) is 0 Å². The molecule has 0 aromatic heterocycles. The molecule has 0 fully saturated rings. The van der Waals surface area contributed by atoms with Crippen LogP contribution in [0, 0.1) is 5.44 Å². The Morgan fingerprint density at radius 1 is 1.42 bits per heavy atom. The van der Waals surface area contributed by atoms with Crippen LogP contribution in [0.25, 0.3) is 0 Å². The molecule has 2 radical (unpaired) electrons. The second-order valence-electron chi connectivity index (χ2n) is 2.09. The molecular formula is C9H8O2S. The molecule has 0 heterocycles. The van der Waals surface area contributed by atoms with Gasteiger partial charge in [-0.15, -0.1) is 0 Å². The lowest BCUT2D eigenvalue weighted by atomic mass is 10.4. The predicted octanol–water partition coefficient (Wildman–Crippen LogP) is 2.37. The van der Waals surface area contributed by atoms with Crippen LogP contribution in [-0.2, 0) is 9.53 Å². The molecule has 1 aromatic carbocycles. The lowest BCUT2D eigenvalue weighted by Gasteiger charge is -2.05. The maximum absolute atomic E-state index is 9.82. The van der Waals surface area contributed by atoms with Crippen LogP contribution in [0.5, 0.6) is 0 Å². The summed E-state index contributed by atoms with van der Waals surface area (Å²) < 4.78 is 4.52. The van der Waals surface area contributed by atoms with Crippen molar-refractivity contribution in [3.63, 3.8) is 0 Å². The third-order valence-electron chi connectivity index (χ3n) is 1.19. The van der Waals surface area contributed by atoms with Crippen LogP contribution >= 0.6 is 11.8 Å². The maximum atomic E-state index is 9.82. The molecule has 1 rings (SSSR count). The van der Waals surface area contributed by atoms with Crippen molar-refractivity contribution in [3.05, 3.63) is 35.8 Å². The fourth-order valence-corrected chi connectivity index (χ4v) is 1.43. The van der Waals surface area contributed by atoms with Crippen LogP contribution in [-0.4, -0.2) is 6.47 Å². The highest BCUT2D eigenvalue weighted by atomic mass is 32.2. The van der Waals surface area contributed by atoms with Crippen LogP contribution in [0.2, 0.25) is 0 Å². The molecule has 0 N–H and O–H groups in total. The van der Waals surface area contributed by atoms with E-state index < -0.39 is 0 Å². The SMILES string of the molecule is C[C](O[C]=O)Sc1ccccc1. The predicted molar refractivity (Wildman–Crippen MR) is 48.0 cm³/mol. The second-order valence-corrected chi connectivity index (χ2v) is 3.34. The van der Waals surface area contributed by atoms with E-state index in [-0.39, 0.29) is 0 Å². The van der Waals surface area contributed by atoms with E-state index in [4.69, 9.17) is 0 Å². The van der Waals surface area contributed by atoms with Gasteiger partial charge < -0.3 is 4.74 Å². The van der Waals surface area contributed by atoms with Crippen molar-refractivity contribution < 1.29 is 9.53 Å². The number of hydrogen-bond acceptors (Lipinski definition) is 3. The molecule has 0 amide bonds. The Balaban J connectivity index is 2.46. The average molecular weight is 180 g/mol. The van der Waals surface area contributed by atoms with Crippen LogP contribution in [0.15, 0.2) is 35.2 Å². The summed E-state index contributed by atoms with van der Waals surface area (Å²) in [5.74, 6) is 0. The van der Waals surface area contributed by atoms with Gasteiger partial charge in [-0.1, -0.05) is 30.0 Å². The number of hydrogen-bond donors (Lipinski definition) is 0. The highest BCUT2D eigenvalue weighted by Crippen LogP contribution is 2.27. The molecule has 0 saturated carbocycles. The van der Waals surface area contributed by atoms with Gasteiger partial charge in [-0.25, -0.2) is 4.79 Å². The number of benzene rings is 1. The molecular weight excluding hydrogens is 172 g/mol. The Bertz CT molecular complexity index is 236. The lowest BCUT2D eigenvalue weighted by molar-refractivity contribution is 0.340. The van der Waals surface area contributed by atoms with Crippen molar-refractivity contribution in [2.45, 2.75) is 11.8 Å². The van der Waals surface area contributed by atoms with Gasteiger partial charge in [-0.2, -0.15) is 0 Å². The van der Waals surface area contributed by atoms with E-state index in [0.29, 0.717) is 5.44 Å². The van der Waals surface area contributed by atoms with Gasteiger partial charge in [0.1, 0.15) is 0 Å². The Kier molecular flexibility index (Phi) is 3.67. The fourth-order valence-electron chi connectivity index (χ4n) is 0.734. The Morgan fingerprint density at radius 3 is 2.67 bits per heavy atom. The van der Waals surface area contributed by atoms with Gasteiger partial charge >= 0.3 is 6.47 Å². The first kappa shape index (κ1) is 9.13. The van der Waals surface area contributed by atoms with Crippen LogP contribution in [0.3, 0.4) is 0 Å². The summed E-state index contributed by atoms with van der Waals surface area (Å²) in [4.78, 5) is 10.9. The second kappa shape index (κ2) is 4.83. The molecule has 62 valence electrons. The van der Waals surface area contributed by atoms with Crippen molar-refractivity contribution in [1.82, 2.24) is 0 Å². The van der Waals surface area contributed by atoms with Crippen molar-refractivity contribution in [1.29, 1.82) is 0 Å². The number of carbonyl (C=O) groups excluding carboxylic acids is 1. The van der Waals surface area contributed by atoms with E-state index in [9.17, 15) is 4.79 Å². The first-order chi connectivity index (χ1) is 5.83. The fraction of sp³-hybridized carbons (Fsp3) is 0.111. The van der Waals surface area contributed by atoms with E-state index in [1.54, 1.807) is 6.92 Å². The monoisotopic (exact) mass is 180 g/mol. The molecule has 0 atom stereocenters. The van der Waals surface area contributed by atoms with Crippen molar-refractivity contribution in [2.24, 2.45) is 0 Å². The molecule has 12 heavy (non-hydrogen) atoms. The molecule has 0 saturated heterocycles. The third kappa shape index (κ3) is 2.96. The lowest BCUT2D eigenvalue weighted by Crippen LogP contribution is -1.90. The molecule has 0 bridgehead atoms. The summed E-state index contributed by atoms with van der Waals surface area (Å²) in [6, 6.07) is 9.69. The van der Waals surface area contributed by atoms with Gasteiger partial charge in [0, 0.05) is 4.90 Å². The molecule has 0 aliphatic heterocycles. The van der Waals surface area contributed by atoms with E-state index in [2.05, 4.69) is 4.74 Å². The van der Waals surface area contributed by atoms with Gasteiger partial charge in [-0.05, 0) is 19.1 Å². The summed E-state index contributed by atoms with van der Waals surface area (Å²) in [6.07, 6.45) is 0. The molecule has 0 aliphatic rings. The van der Waals surface area contributed by atoms with Crippen molar-refractivity contribution >= 4 is 18.2 Å². The Hall–Kier alpha value is -0.960. The van der Waals surface area contributed by atoms with E-state index in [0.717, 1.165) is 4.90 Å². The van der Waals surface area contributed by atoms with E-state index in [1.165, 1.54) is 18.2 Å². The summed E-state index contributed by atoms with van der Waals surface area (Å²) in [7, 11) is 0. The Morgan fingerprint density at radius 2 is 2.08 bits per heavy atom. The zero-order chi connectivity index (χ0) is 8.81. The summed E-state index contributed by atoms with van der Waals surface area (Å²) in [5, 5.41) is 0. The van der Waals surface area contributed by atoms with Crippen LogP contribution in [0.1, 0.15) is 6.92 Å². The minimum absolute atomic E-state index is 0.580. The topological polar surface area (TPSA) is 26.3 Å². The highest BCUT2D eigenvalue weighted by Gasteiger charge is 2.05. The van der Waals surface area contributed by atoms with E-state index in [1.807, 2.05) is 30.3 Å². The van der Waals surface area contributed by atoms with Crippen LogP contribution < -0.4 is 0 Å². The normalized spacial score (nSPS) is 9.83. The zero-order valence-corrected chi connectivity index (χ0v) is 7.43. The van der Waals surface area contributed by atoms with Gasteiger partial charge in [0.25, 0.3) is 0 Å². The largest absolute Gasteiger partial charge is 0.434 e. The van der Waals surface area contributed by atoms with Gasteiger partial charge in [0.15, 0.2) is 0 Å². The molecule has 0 aliphatic carbocycles. The number of ether oxygens (including phenoxy) is 1. The maximum Gasteiger partial charge on any atom is 0.419 e. The van der Waals surface area contributed by atoms with Gasteiger partial charge in [0.05, 0.1) is 0 Å². The molecule has 0 unspecified atom stereocenters. The highest BCUT2D eigenvalue weighted by molar-refractivity contribution is 8.01. The average Bonchev–Trinajstić information content (AvgIpc) is 2.06. The first-order valence-electron chi connectivity index (χ1n) is 3.43. The zero-order valence-electron chi connectivity index (χ0n) is 6.61. The van der Waals surface area contributed by atoms with Crippen molar-refractivity contribution in [2.75, 3.05) is 0 Å². The molecule has 0 spiro atoms. The molecule has 2 nitrogen and oxygen atoms in total. The summed E-state index contributed by atoms with van der Waals surface area (Å²) in [5.41, 5.74) is 0.580. The van der Waals surface area contributed by atoms with Gasteiger partial charge in [0.2, 0.25) is 5.44 Å². The smallest absolute Gasteiger partial charge is 0.419 e. The van der Waals surface area contributed by atoms with Crippen LogP contribution in [0.4, 0.5) is 0 Å². The summed E-state index contributed by atoms with van der Waals surface area (Å²) in [6.45, 7) is 3.10. The Labute approximate surface area is 75.9 Å². The van der Waals surface area contributed by atoms with E-state index >= 15 is 0 Å². The minimum atomic E-state index is 0.580.